The molecule has 2 heterocycles. The topological polar surface area (TPSA) is 90.5 Å². The molecule has 2 aliphatic heterocycles. The Morgan fingerprint density at radius 1 is 1.03 bits per heavy atom. The molecule has 2 saturated heterocycles. The van der Waals surface area contributed by atoms with E-state index in [-0.39, 0.29) is 46.4 Å². The fourth-order valence-electron chi connectivity index (χ4n) is 6.83. The van der Waals surface area contributed by atoms with Crippen LogP contribution in [0.25, 0.3) is 0 Å². The van der Waals surface area contributed by atoms with Crippen LogP contribution in [-0.2, 0) is 20.8 Å². The lowest BCUT2D eigenvalue weighted by Crippen LogP contribution is -2.60. The fraction of sp³-hybridized carbons (Fsp3) is 0.690. The maximum Gasteiger partial charge on any atom is 0.246 e. The molecule has 3 aliphatic rings. The van der Waals surface area contributed by atoms with Crippen molar-refractivity contribution < 1.29 is 14.4 Å². The molecule has 2 fully saturated rings. The summed E-state index contributed by atoms with van der Waals surface area (Å²) in [5, 5.41) is 9.25. The molecule has 5 atom stereocenters. The average Bonchev–Trinajstić information content (AvgIpc) is 3.17. The van der Waals surface area contributed by atoms with Crippen LogP contribution in [0.2, 0.25) is 0 Å². The number of nitrogens with one attached hydrogen (secondary N) is 3. The summed E-state index contributed by atoms with van der Waals surface area (Å²) in [6.07, 6.45) is 4.32. The molecule has 1 aromatic carbocycles. The van der Waals surface area contributed by atoms with Crippen LogP contribution in [0.5, 0.6) is 0 Å². The molecule has 3 N–H and O–H groups in total. The SMILES string of the molecule is CN[C@@H](C)C(=O)N[C@H]1CCS[C@H]2CC(C(C)C)(C(C)C)[C@@H](C(=O)N[C@@H]3CCCc4ccccc43)N2C1=O. The van der Waals surface area contributed by atoms with Crippen molar-refractivity contribution in [3.05, 3.63) is 35.4 Å². The van der Waals surface area contributed by atoms with Crippen LogP contribution < -0.4 is 16.0 Å². The van der Waals surface area contributed by atoms with Gasteiger partial charge in [-0.3, -0.25) is 14.4 Å². The lowest BCUT2D eigenvalue weighted by Gasteiger charge is -2.44. The number of nitrogens with zero attached hydrogens (tertiary/aromatic N) is 1. The van der Waals surface area contributed by atoms with Crippen LogP contribution in [0.1, 0.15) is 77.5 Å². The molecule has 0 saturated carbocycles. The van der Waals surface area contributed by atoms with E-state index in [0.29, 0.717) is 6.42 Å². The number of fused-ring (bicyclic) bond motifs is 2. The first-order chi connectivity index (χ1) is 17.6. The standard InChI is InChI=1S/C29H44N4O3S/c1-17(2)29(18(3)4)16-24-33(28(36)23(14-15-37-24)32-26(34)19(5)30-6)25(29)27(35)31-22-13-9-11-20-10-7-8-12-21(20)22/h7-8,10,12,17-19,22-25,30H,9,11,13-16H2,1-6H3,(H,31,35)(H,32,34)/t19-,22+,23-,24-,25+/m0/s1. The quantitative estimate of drug-likeness (QED) is 0.503. The Hall–Kier alpha value is -2.06. The van der Waals surface area contributed by atoms with Crippen LogP contribution in [0, 0.1) is 17.3 Å². The molecule has 37 heavy (non-hydrogen) atoms. The zero-order chi connectivity index (χ0) is 26.9. The first-order valence-corrected chi connectivity index (χ1v) is 15.0. The van der Waals surface area contributed by atoms with Gasteiger partial charge in [0, 0.05) is 5.41 Å². The summed E-state index contributed by atoms with van der Waals surface area (Å²) in [4.78, 5) is 43.0. The van der Waals surface area contributed by atoms with Gasteiger partial charge in [-0.1, -0.05) is 52.0 Å². The normalized spacial score (nSPS) is 27.9. The predicted molar refractivity (Wildman–Crippen MR) is 149 cm³/mol. The first kappa shape index (κ1) is 28.0. The second-order valence-corrected chi connectivity index (χ2v) is 12.9. The molecular formula is C29H44N4O3S. The van der Waals surface area contributed by atoms with Gasteiger partial charge in [-0.25, -0.2) is 0 Å². The average molecular weight is 529 g/mol. The highest BCUT2D eigenvalue weighted by molar-refractivity contribution is 7.99. The van der Waals surface area contributed by atoms with Crippen LogP contribution >= 0.6 is 11.8 Å². The summed E-state index contributed by atoms with van der Waals surface area (Å²) >= 11 is 1.75. The zero-order valence-electron chi connectivity index (χ0n) is 23.2. The summed E-state index contributed by atoms with van der Waals surface area (Å²) < 4.78 is 0. The van der Waals surface area contributed by atoms with E-state index in [9.17, 15) is 14.4 Å². The smallest absolute Gasteiger partial charge is 0.246 e. The molecule has 7 nitrogen and oxygen atoms in total. The number of hydrogen-bond acceptors (Lipinski definition) is 5. The van der Waals surface area contributed by atoms with Crippen molar-refractivity contribution in [2.75, 3.05) is 12.8 Å². The second-order valence-electron chi connectivity index (χ2n) is 11.6. The third kappa shape index (κ3) is 5.16. The first-order valence-electron chi connectivity index (χ1n) is 13.9. The monoisotopic (exact) mass is 528 g/mol. The summed E-state index contributed by atoms with van der Waals surface area (Å²) in [5.41, 5.74) is 2.14. The third-order valence-corrected chi connectivity index (χ3v) is 10.4. The van der Waals surface area contributed by atoms with Gasteiger partial charge in [-0.15, -0.1) is 11.8 Å². The van der Waals surface area contributed by atoms with Crippen molar-refractivity contribution in [1.82, 2.24) is 20.9 Å². The van der Waals surface area contributed by atoms with Crippen LogP contribution in [0.15, 0.2) is 24.3 Å². The van der Waals surface area contributed by atoms with Crippen molar-refractivity contribution in [2.24, 2.45) is 17.3 Å². The number of hydrogen-bond donors (Lipinski definition) is 3. The Kier molecular flexibility index (Phi) is 8.58. The molecule has 0 aromatic heterocycles. The number of aryl methyl sites for hydroxylation is 1. The van der Waals surface area contributed by atoms with E-state index in [1.165, 1.54) is 11.1 Å². The molecule has 0 unspecified atom stereocenters. The second kappa shape index (κ2) is 11.4. The minimum absolute atomic E-state index is 0.0461. The van der Waals surface area contributed by atoms with Crippen molar-refractivity contribution in [2.45, 2.75) is 96.3 Å². The van der Waals surface area contributed by atoms with Gasteiger partial charge >= 0.3 is 0 Å². The van der Waals surface area contributed by atoms with E-state index >= 15 is 0 Å². The Balaban J connectivity index is 1.69. The van der Waals surface area contributed by atoms with Gasteiger partial charge in [0.15, 0.2) is 0 Å². The molecule has 3 amide bonds. The molecule has 204 valence electrons. The number of likely N-dealkylation sites (N-methyl/N-ethyl adjacent to an activating group) is 1. The minimum atomic E-state index is -0.623. The molecule has 1 aromatic rings. The summed E-state index contributed by atoms with van der Waals surface area (Å²) in [5.74, 6) is 0.805. The summed E-state index contributed by atoms with van der Waals surface area (Å²) in [7, 11) is 1.73. The predicted octanol–water partition coefficient (Wildman–Crippen LogP) is 3.64. The van der Waals surface area contributed by atoms with E-state index in [2.05, 4.69) is 61.8 Å². The van der Waals surface area contributed by atoms with Crippen molar-refractivity contribution in [3.8, 4) is 0 Å². The maximum absolute atomic E-state index is 14.3. The largest absolute Gasteiger partial charge is 0.347 e. The van der Waals surface area contributed by atoms with Crippen molar-refractivity contribution in [3.63, 3.8) is 0 Å². The van der Waals surface area contributed by atoms with E-state index in [1.54, 1.807) is 25.7 Å². The highest BCUT2D eigenvalue weighted by Gasteiger charge is 2.61. The van der Waals surface area contributed by atoms with Crippen LogP contribution in [0.4, 0.5) is 0 Å². The van der Waals surface area contributed by atoms with E-state index in [4.69, 9.17) is 0 Å². The van der Waals surface area contributed by atoms with E-state index < -0.39 is 18.1 Å². The van der Waals surface area contributed by atoms with Gasteiger partial charge in [0.05, 0.1) is 17.5 Å². The Morgan fingerprint density at radius 2 is 1.73 bits per heavy atom. The van der Waals surface area contributed by atoms with Crippen LogP contribution in [-0.4, -0.2) is 58.9 Å². The maximum atomic E-state index is 14.3. The number of amides is 3. The molecule has 8 heteroatoms. The number of carbonyl (C=O) groups is 3. The third-order valence-electron chi connectivity index (χ3n) is 9.12. The molecular weight excluding hydrogens is 484 g/mol. The molecule has 0 bridgehead atoms. The van der Waals surface area contributed by atoms with Gasteiger partial charge < -0.3 is 20.9 Å². The fourth-order valence-corrected chi connectivity index (χ4v) is 8.26. The number of thioether (sulfide) groups is 1. The lowest BCUT2D eigenvalue weighted by atomic mass is 9.63. The molecule has 1 aliphatic carbocycles. The van der Waals surface area contributed by atoms with Crippen LogP contribution in [0.3, 0.4) is 0 Å². The van der Waals surface area contributed by atoms with Gasteiger partial charge in [0.25, 0.3) is 0 Å². The number of carbonyl (C=O) groups excluding carboxylic acids is 3. The van der Waals surface area contributed by atoms with Crippen molar-refractivity contribution in [1.29, 1.82) is 0 Å². The molecule has 0 radical (unpaired) electrons. The molecule has 0 spiro atoms. The van der Waals surface area contributed by atoms with E-state index in [1.807, 2.05) is 11.0 Å². The van der Waals surface area contributed by atoms with Crippen molar-refractivity contribution >= 4 is 29.5 Å². The zero-order valence-corrected chi connectivity index (χ0v) is 24.0. The number of rotatable bonds is 7. The summed E-state index contributed by atoms with van der Waals surface area (Å²) in [6.45, 7) is 10.5. The molecule has 4 rings (SSSR count). The van der Waals surface area contributed by atoms with Gasteiger partial charge in [0.2, 0.25) is 17.7 Å². The Labute approximate surface area is 226 Å². The minimum Gasteiger partial charge on any atom is -0.347 e. The Morgan fingerprint density at radius 3 is 2.41 bits per heavy atom. The Bertz CT molecular complexity index is 1000. The summed E-state index contributed by atoms with van der Waals surface area (Å²) in [6, 6.07) is 6.73. The lowest BCUT2D eigenvalue weighted by molar-refractivity contribution is -0.146. The highest BCUT2D eigenvalue weighted by Crippen LogP contribution is 2.55. The highest BCUT2D eigenvalue weighted by atomic mass is 32.2. The van der Waals surface area contributed by atoms with Gasteiger partial charge in [-0.2, -0.15) is 0 Å². The van der Waals surface area contributed by atoms with Gasteiger partial charge in [-0.05, 0) is 74.8 Å². The van der Waals surface area contributed by atoms with E-state index in [0.717, 1.165) is 31.4 Å². The number of benzene rings is 1. The van der Waals surface area contributed by atoms with Gasteiger partial charge in [0.1, 0.15) is 12.1 Å².